The molecule has 2 N–H and O–H groups in total. The molecule has 1 atom stereocenters. The van der Waals surface area contributed by atoms with Crippen molar-refractivity contribution in [3.63, 3.8) is 0 Å². The minimum Gasteiger partial charge on any atom is -0.350 e. The van der Waals surface area contributed by atoms with Crippen LogP contribution in [0, 0.1) is 5.82 Å². The summed E-state index contributed by atoms with van der Waals surface area (Å²) >= 11 is 6.18. The highest BCUT2D eigenvalue weighted by Gasteiger charge is 2.17. The number of benzene rings is 2. The lowest BCUT2D eigenvalue weighted by Crippen LogP contribution is -2.44. The van der Waals surface area contributed by atoms with E-state index in [0.29, 0.717) is 11.6 Å². The zero-order valence-corrected chi connectivity index (χ0v) is 16.8. The van der Waals surface area contributed by atoms with E-state index in [4.69, 9.17) is 11.6 Å². The number of likely N-dealkylation sites (N-methyl/N-ethyl adjacent to an activating group) is 1. The molecule has 0 fully saturated rings. The van der Waals surface area contributed by atoms with E-state index in [1.807, 2.05) is 32.0 Å². The quantitative estimate of drug-likeness (QED) is 0.673. The average molecular weight is 406 g/mol. The molecule has 0 unspecified atom stereocenters. The van der Waals surface area contributed by atoms with Gasteiger partial charge in [0.25, 0.3) is 0 Å². The summed E-state index contributed by atoms with van der Waals surface area (Å²) in [5.41, 5.74) is 1.71. The highest BCUT2D eigenvalue weighted by molar-refractivity contribution is 6.31. The zero-order chi connectivity index (χ0) is 20.5. The molecule has 0 saturated heterocycles. The Hall–Kier alpha value is -2.44. The van der Waals surface area contributed by atoms with Crippen LogP contribution in [0.2, 0.25) is 5.02 Å². The van der Waals surface area contributed by atoms with Gasteiger partial charge in [0.1, 0.15) is 5.82 Å². The zero-order valence-electron chi connectivity index (χ0n) is 16.0. The van der Waals surface area contributed by atoms with Gasteiger partial charge in [-0.2, -0.15) is 0 Å². The van der Waals surface area contributed by atoms with E-state index < -0.39 is 0 Å². The lowest BCUT2D eigenvalue weighted by atomic mass is 10.1. The van der Waals surface area contributed by atoms with Crippen molar-refractivity contribution < 1.29 is 14.0 Å². The fourth-order valence-corrected chi connectivity index (χ4v) is 3.00. The Bertz CT molecular complexity index is 798. The minimum absolute atomic E-state index is 0.0291. The van der Waals surface area contributed by atoms with E-state index in [-0.39, 0.29) is 43.3 Å². The predicted octanol–water partition coefficient (Wildman–Crippen LogP) is 3.29. The molecule has 5 nitrogen and oxygen atoms in total. The van der Waals surface area contributed by atoms with Crippen LogP contribution in [0.25, 0.3) is 0 Å². The summed E-state index contributed by atoms with van der Waals surface area (Å²) in [5, 5.41) is 6.53. The van der Waals surface area contributed by atoms with Gasteiger partial charge in [-0.25, -0.2) is 4.39 Å². The molecule has 0 heterocycles. The van der Waals surface area contributed by atoms with Crippen LogP contribution in [0.15, 0.2) is 48.5 Å². The monoisotopic (exact) mass is 405 g/mol. The molecule has 0 radical (unpaired) electrons. The van der Waals surface area contributed by atoms with Crippen LogP contribution in [-0.4, -0.2) is 36.3 Å². The topological polar surface area (TPSA) is 61.4 Å². The van der Waals surface area contributed by atoms with Gasteiger partial charge >= 0.3 is 0 Å². The van der Waals surface area contributed by atoms with Crippen molar-refractivity contribution in [2.45, 2.75) is 26.4 Å². The Kier molecular flexibility index (Phi) is 8.42. The standard InChI is InChI=1S/C21H25ClFN3O2/c1-3-26(14-20(27)25-12-16-8-10-17(23)11-9-16)21(28)13-24-15(2)18-6-4-5-7-19(18)22/h4-11,15,24H,3,12-14H2,1-2H3,(H,25,27)/t15-/m1/s1. The average Bonchev–Trinajstić information content (AvgIpc) is 2.69. The molecule has 0 saturated carbocycles. The van der Waals surface area contributed by atoms with E-state index in [1.165, 1.54) is 17.0 Å². The molecule has 28 heavy (non-hydrogen) atoms. The van der Waals surface area contributed by atoms with E-state index in [1.54, 1.807) is 18.2 Å². The van der Waals surface area contributed by atoms with Crippen molar-refractivity contribution in [1.29, 1.82) is 0 Å². The first-order valence-corrected chi connectivity index (χ1v) is 9.55. The van der Waals surface area contributed by atoms with Gasteiger partial charge in [0.05, 0.1) is 13.1 Å². The Morgan fingerprint density at radius 2 is 1.82 bits per heavy atom. The van der Waals surface area contributed by atoms with E-state index in [0.717, 1.165) is 11.1 Å². The van der Waals surface area contributed by atoms with Crippen LogP contribution in [0.4, 0.5) is 4.39 Å². The van der Waals surface area contributed by atoms with Crippen LogP contribution in [0.5, 0.6) is 0 Å². The molecule has 0 bridgehead atoms. The van der Waals surface area contributed by atoms with Crippen molar-refractivity contribution in [1.82, 2.24) is 15.5 Å². The van der Waals surface area contributed by atoms with Gasteiger partial charge in [-0.3, -0.25) is 9.59 Å². The molecule has 0 spiro atoms. The van der Waals surface area contributed by atoms with Crippen molar-refractivity contribution in [3.8, 4) is 0 Å². The molecule has 7 heteroatoms. The van der Waals surface area contributed by atoms with Crippen LogP contribution in [-0.2, 0) is 16.1 Å². The third kappa shape index (κ3) is 6.62. The molecular weight excluding hydrogens is 381 g/mol. The summed E-state index contributed by atoms with van der Waals surface area (Å²) in [7, 11) is 0. The van der Waals surface area contributed by atoms with Crippen molar-refractivity contribution in [3.05, 3.63) is 70.5 Å². The number of carbonyl (C=O) groups is 2. The maximum atomic E-state index is 12.9. The largest absolute Gasteiger partial charge is 0.350 e. The summed E-state index contributed by atoms with van der Waals surface area (Å²) in [4.78, 5) is 26.1. The maximum absolute atomic E-state index is 12.9. The first-order valence-electron chi connectivity index (χ1n) is 9.17. The van der Waals surface area contributed by atoms with Gasteiger partial charge in [0, 0.05) is 24.2 Å². The highest BCUT2D eigenvalue weighted by atomic mass is 35.5. The van der Waals surface area contributed by atoms with E-state index in [2.05, 4.69) is 10.6 Å². The number of rotatable bonds is 9. The number of halogens is 2. The lowest BCUT2D eigenvalue weighted by Gasteiger charge is -2.22. The summed E-state index contributed by atoms with van der Waals surface area (Å²) in [5.74, 6) is -0.756. The molecule has 0 aliphatic heterocycles. The van der Waals surface area contributed by atoms with Crippen molar-refractivity contribution in [2.24, 2.45) is 0 Å². The number of nitrogens with zero attached hydrogens (tertiary/aromatic N) is 1. The molecular formula is C21H25ClFN3O2. The first-order chi connectivity index (χ1) is 13.4. The number of hydrogen-bond donors (Lipinski definition) is 2. The second kappa shape index (κ2) is 10.8. The van der Waals surface area contributed by atoms with Gasteiger partial charge in [-0.15, -0.1) is 0 Å². The summed E-state index contributed by atoms with van der Waals surface area (Å²) in [6, 6.07) is 13.3. The van der Waals surface area contributed by atoms with Gasteiger partial charge in [0.2, 0.25) is 11.8 Å². The smallest absolute Gasteiger partial charge is 0.239 e. The van der Waals surface area contributed by atoms with Crippen LogP contribution in [0.1, 0.15) is 31.0 Å². The Labute approximate surface area is 169 Å². The first kappa shape index (κ1) is 21.9. The molecule has 2 amide bonds. The maximum Gasteiger partial charge on any atom is 0.239 e. The van der Waals surface area contributed by atoms with Crippen LogP contribution < -0.4 is 10.6 Å². The van der Waals surface area contributed by atoms with E-state index in [9.17, 15) is 14.0 Å². The Morgan fingerprint density at radius 1 is 1.14 bits per heavy atom. The second-order valence-corrected chi connectivity index (χ2v) is 6.84. The molecule has 0 aliphatic carbocycles. The van der Waals surface area contributed by atoms with Gasteiger partial charge in [0.15, 0.2) is 0 Å². The summed E-state index contributed by atoms with van der Waals surface area (Å²) < 4.78 is 12.9. The molecule has 0 aliphatic rings. The number of amides is 2. The minimum atomic E-state index is -0.323. The molecule has 2 aromatic rings. The lowest BCUT2D eigenvalue weighted by molar-refractivity contribution is -0.135. The van der Waals surface area contributed by atoms with Crippen LogP contribution >= 0.6 is 11.6 Å². The third-order valence-corrected chi connectivity index (χ3v) is 4.75. The SMILES string of the molecule is CCN(CC(=O)NCc1ccc(F)cc1)C(=O)CN[C@H](C)c1ccccc1Cl. The highest BCUT2D eigenvalue weighted by Crippen LogP contribution is 2.21. The van der Waals surface area contributed by atoms with Crippen molar-refractivity contribution >= 4 is 23.4 Å². The van der Waals surface area contributed by atoms with Crippen molar-refractivity contribution in [2.75, 3.05) is 19.6 Å². The van der Waals surface area contributed by atoms with Gasteiger partial charge in [-0.1, -0.05) is 41.9 Å². The third-order valence-electron chi connectivity index (χ3n) is 4.40. The van der Waals surface area contributed by atoms with E-state index >= 15 is 0 Å². The van der Waals surface area contributed by atoms with Gasteiger partial charge in [-0.05, 0) is 43.2 Å². The summed E-state index contributed by atoms with van der Waals surface area (Å²) in [6.07, 6.45) is 0. The Morgan fingerprint density at radius 3 is 2.46 bits per heavy atom. The fraction of sp³-hybridized carbons (Fsp3) is 0.333. The number of carbonyl (C=O) groups excluding carboxylic acids is 2. The predicted molar refractivity (Wildman–Crippen MR) is 108 cm³/mol. The van der Waals surface area contributed by atoms with Gasteiger partial charge < -0.3 is 15.5 Å². The number of hydrogen-bond acceptors (Lipinski definition) is 3. The summed E-state index contributed by atoms with van der Waals surface area (Å²) in [6.45, 7) is 4.53. The molecule has 0 aromatic heterocycles. The second-order valence-electron chi connectivity index (χ2n) is 6.44. The Balaban J connectivity index is 1.81. The number of nitrogens with one attached hydrogen (secondary N) is 2. The normalized spacial score (nSPS) is 11.7. The van der Waals surface area contributed by atoms with Crippen LogP contribution in [0.3, 0.4) is 0 Å². The fourth-order valence-electron chi connectivity index (χ4n) is 2.70. The molecule has 2 rings (SSSR count). The molecule has 150 valence electrons. The molecule has 2 aromatic carbocycles.